The molecule has 0 unspecified atom stereocenters. The Balaban J connectivity index is 1.65. The highest BCUT2D eigenvalue weighted by atomic mass is 35.5. The van der Waals surface area contributed by atoms with Crippen molar-refractivity contribution in [3.8, 4) is 0 Å². The number of hydrogen-bond acceptors (Lipinski definition) is 5. The highest BCUT2D eigenvalue weighted by Crippen LogP contribution is 2.32. The number of morpholine rings is 1. The number of benzene rings is 2. The fourth-order valence-electron chi connectivity index (χ4n) is 3.85. The van der Waals surface area contributed by atoms with Crippen LogP contribution < -0.4 is 5.32 Å². The summed E-state index contributed by atoms with van der Waals surface area (Å²) < 4.78 is 5.38. The van der Waals surface area contributed by atoms with Crippen molar-refractivity contribution >= 4 is 34.7 Å². The highest BCUT2D eigenvalue weighted by Gasteiger charge is 2.39. The third-order valence-corrected chi connectivity index (χ3v) is 5.95. The van der Waals surface area contributed by atoms with Crippen molar-refractivity contribution in [2.75, 3.05) is 44.7 Å². The summed E-state index contributed by atoms with van der Waals surface area (Å²) in [5, 5.41) is 3.84. The summed E-state index contributed by atoms with van der Waals surface area (Å²) in [4.78, 5) is 30.3. The normalized spacial score (nSPS) is 17.6. The Hall–Kier alpha value is -2.67. The van der Waals surface area contributed by atoms with Crippen LogP contribution in [0.2, 0.25) is 5.02 Å². The van der Waals surface area contributed by atoms with Gasteiger partial charge in [-0.15, -0.1) is 0 Å². The van der Waals surface area contributed by atoms with Crippen LogP contribution in [0.1, 0.15) is 16.7 Å². The van der Waals surface area contributed by atoms with Gasteiger partial charge in [0.2, 0.25) is 0 Å². The second kappa shape index (κ2) is 9.22. The third-order valence-electron chi connectivity index (χ3n) is 5.70. The van der Waals surface area contributed by atoms with E-state index in [-0.39, 0.29) is 11.8 Å². The smallest absolute Gasteiger partial charge is 0.278 e. The van der Waals surface area contributed by atoms with Crippen LogP contribution in [-0.2, 0) is 14.3 Å². The predicted octanol–water partition coefficient (Wildman–Crippen LogP) is 3.48. The average molecular weight is 440 g/mol. The molecule has 31 heavy (non-hydrogen) atoms. The Labute approximate surface area is 187 Å². The van der Waals surface area contributed by atoms with Gasteiger partial charge in [-0.05, 0) is 48.7 Å². The number of aryl methyl sites for hydroxylation is 2. The molecule has 0 spiro atoms. The molecule has 1 saturated heterocycles. The number of carbonyl (C=O) groups is 2. The minimum Gasteiger partial charge on any atom is -0.379 e. The number of carbonyl (C=O) groups excluding carboxylic acids is 2. The molecule has 162 valence electrons. The minimum absolute atomic E-state index is 0.284. The van der Waals surface area contributed by atoms with Gasteiger partial charge in [-0.3, -0.25) is 19.4 Å². The predicted molar refractivity (Wildman–Crippen MR) is 122 cm³/mol. The van der Waals surface area contributed by atoms with E-state index in [0.29, 0.717) is 48.2 Å². The lowest BCUT2D eigenvalue weighted by Gasteiger charge is -2.28. The summed E-state index contributed by atoms with van der Waals surface area (Å²) in [5.41, 5.74) is 4.25. The summed E-state index contributed by atoms with van der Waals surface area (Å²) in [6.07, 6.45) is 0. The number of nitrogens with zero attached hydrogens (tertiary/aromatic N) is 2. The molecule has 2 heterocycles. The molecular formula is C24H26ClN3O3. The van der Waals surface area contributed by atoms with Gasteiger partial charge in [0, 0.05) is 36.9 Å². The number of halogens is 1. The summed E-state index contributed by atoms with van der Waals surface area (Å²) in [6.45, 7) is 7.91. The monoisotopic (exact) mass is 439 g/mol. The van der Waals surface area contributed by atoms with Gasteiger partial charge in [0.15, 0.2) is 0 Å². The number of anilines is 1. The zero-order chi connectivity index (χ0) is 22.0. The second-order valence-corrected chi connectivity index (χ2v) is 8.35. The van der Waals surface area contributed by atoms with Gasteiger partial charge in [0.25, 0.3) is 11.8 Å². The van der Waals surface area contributed by atoms with Crippen LogP contribution in [0.15, 0.2) is 48.2 Å². The van der Waals surface area contributed by atoms with Gasteiger partial charge >= 0.3 is 0 Å². The van der Waals surface area contributed by atoms with Gasteiger partial charge in [-0.25, -0.2) is 0 Å². The van der Waals surface area contributed by atoms with Crippen LogP contribution in [0.4, 0.5) is 5.69 Å². The Morgan fingerprint density at radius 3 is 2.39 bits per heavy atom. The lowest BCUT2D eigenvalue weighted by atomic mass is 10.0. The maximum absolute atomic E-state index is 13.4. The van der Waals surface area contributed by atoms with E-state index in [4.69, 9.17) is 16.3 Å². The van der Waals surface area contributed by atoms with Crippen molar-refractivity contribution in [2.45, 2.75) is 13.8 Å². The van der Waals surface area contributed by atoms with Crippen LogP contribution in [-0.4, -0.2) is 61.0 Å². The molecule has 0 radical (unpaired) electrons. The Morgan fingerprint density at radius 1 is 0.968 bits per heavy atom. The lowest BCUT2D eigenvalue weighted by Crippen LogP contribution is -2.43. The van der Waals surface area contributed by atoms with Crippen molar-refractivity contribution in [3.63, 3.8) is 0 Å². The van der Waals surface area contributed by atoms with E-state index in [1.165, 1.54) is 4.90 Å². The molecule has 2 aromatic rings. The van der Waals surface area contributed by atoms with Crippen molar-refractivity contribution in [3.05, 3.63) is 69.9 Å². The molecule has 4 rings (SSSR count). The Bertz CT molecular complexity index is 1030. The van der Waals surface area contributed by atoms with Crippen molar-refractivity contribution in [2.24, 2.45) is 0 Å². The largest absolute Gasteiger partial charge is 0.379 e. The van der Waals surface area contributed by atoms with E-state index in [1.807, 2.05) is 32.0 Å². The number of rotatable bonds is 6. The quantitative estimate of drug-likeness (QED) is 0.698. The molecule has 0 aliphatic carbocycles. The standard InChI is InChI=1S/C24H26ClN3O3/c1-16-3-4-17(2)20(15-16)26-22-21(18-5-7-19(25)8-6-18)23(29)28(24(22)30)10-9-27-11-13-31-14-12-27/h3-8,15,26H,9-14H2,1-2H3. The number of imide groups is 1. The summed E-state index contributed by atoms with van der Waals surface area (Å²) >= 11 is 6.04. The summed E-state index contributed by atoms with van der Waals surface area (Å²) in [5.74, 6) is -0.586. The molecule has 7 heteroatoms. The highest BCUT2D eigenvalue weighted by molar-refractivity contribution is 6.37. The Kier molecular flexibility index (Phi) is 6.41. The van der Waals surface area contributed by atoms with E-state index >= 15 is 0 Å². The molecule has 0 aromatic heterocycles. The van der Waals surface area contributed by atoms with Crippen molar-refractivity contribution in [1.29, 1.82) is 0 Å². The van der Waals surface area contributed by atoms with Gasteiger partial charge in [0.05, 0.1) is 18.8 Å². The van der Waals surface area contributed by atoms with Gasteiger partial charge in [0.1, 0.15) is 5.70 Å². The molecule has 0 saturated carbocycles. The van der Waals surface area contributed by atoms with Crippen LogP contribution >= 0.6 is 11.6 Å². The molecule has 2 aliphatic heterocycles. The maximum Gasteiger partial charge on any atom is 0.278 e. The molecular weight excluding hydrogens is 414 g/mol. The zero-order valence-corrected chi connectivity index (χ0v) is 18.5. The zero-order valence-electron chi connectivity index (χ0n) is 17.8. The second-order valence-electron chi connectivity index (χ2n) is 7.92. The van der Waals surface area contributed by atoms with E-state index in [2.05, 4.69) is 10.2 Å². The number of ether oxygens (including phenoxy) is 1. The van der Waals surface area contributed by atoms with E-state index in [9.17, 15) is 9.59 Å². The topological polar surface area (TPSA) is 61.9 Å². The SMILES string of the molecule is Cc1ccc(C)c(NC2=C(c3ccc(Cl)cc3)C(=O)N(CCN3CCOCC3)C2=O)c1. The van der Waals surface area contributed by atoms with Crippen LogP contribution in [0, 0.1) is 13.8 Å². The number of hydrogen-bond donors (Lipinski definition) is 1. The average Bonchev–Trinajstić information content (AvgIpc) is 3.00. The molecule has 0 atom stereocenters. The number of amides is 2. The summed E-state index contributed by atoms with van der Waals surface area (Å²) in [6, 6.07) is 13.0. The van der Waals surface area contributed by atoms with Crippen molar-refractivity contribution in [1.82, 2.24) is 9.80 Å². The molecule has 1 N–H and O–H groups in total. The molecule has 2 aromatic carbocycles. The molecule has 6 nitrogen and oxygen atoms in total. The van der Waals surface area contributed by atoms with Crippen molar-refractivity contribution < 1.29 is 14.3 Å². The fourth-order valence-corrected chi connectivity index (χ4v) is 3.98. The molecule has 0 bridgehead atoms. The number of nitrogens with one attached hydrogen (secondary N) is 1. The van der Waals surface area contributed by atoms with Gasteiger partial charge < -0.3 is 10.1 Å². The molecule has 2 aliphatic rings. The fraction of sp³-hybridized carbons (Fsp3) is 0.333. The van der Waals surface area contributed by atoms with E-state index in [0.717, 1.165) is 29.9 Å². The first-order valence-electron chi connectivity index (χ1n) is 10.4. The van der Waals surface area contributed by atoms with Crippen LogP contribution in [0.25, 0.3) is 5.57 Å². The Morgan fingerprint density at radius 2 is 1.68 bits per heavy atom. The first kappa shape index (κ1) is 21.6. The maximum atomic E-state index is 13.4. The molecule has 1 fully saturated rings. The molecule has 2 amide bonds. The van der Waals surface area contributed by atoms with E-state index in [1.54, 1.807) is 24.3 Å². The minimum atomic E-state index is -0.302. The van der Waals surface area contributed by atoms with Crippen LogP contribution in [0.3, 0.4) is 0 Å². The first-order chi connectivity index (χ1) is 14.9. The van der Waals surface area contributed by atoms with Crippen LogP contribution in [0.5, 0.6) is 0 Å². The first-order valence-corrected chi connectivity index (χ1v) is 10.8. The summed E-state index contributed by atoms with van der Waals surface area (Å²) in [7, 11) is 0. The third kappa shape index (κ3) is 4.66. The van der Waals surface area contributed by atoms with E-state index < -0.39 is 0 Å². The van der Waals surface area contributed by atoms with Gasteiger partial charge in [-0.2, -0.15) is 0 Å². The lowest BCUT2D eigenvalue weighted by molar-refractivity contribution is -0.137. The van der Waals surface area contributed by atoms with Gasteiger partial charge in [-0.1, -0.05) is 35.9 Å².